The molecular weight excluding hydrogens is 234 g/mol. The predicted molar refractivity (Wildman–Crippen MR) is 64.7 cm³/mol. The van der Waals surface area contributed by atoms with Gasteiger partial charge in [-0.1, -0.05) is 24.4 Å². The van der Waals surface area contributed by atoms with Crippen LogP contribution in [0, 0.1) is 0 Å². The second-order valence-corrected chi connectivity index (χ2v) is 4.98. The van der Waals surface area contributed by atoms with Crippen molar-refractivity contribution in [2.75, 3.05) is 7.11 Å². The summed E-state index contributed by atoms with van der Waals surface area (Å²) in [7, 11) is 1.68. The highest BCUT2D eigenvalue weighted by molar-refractivity contribution is 5.05. The molecule has 1 aliphatic rings. The Kier molecular flexibility index (Phi) is 3.99. The fourth-order valence-electron chi connectivity index (χ4n) is 2.40. The first-order valence-electron chi connectivity index (χ1n) is 6.42. The molecule has 1 saturated carbocycles. The molecule has 2 atom stereocenters. The molecule has 1 fully saturated rings. The van der Waals surface area contributed by atoms with Gasteiger partial charge in [-0.3, -0.25) is 0 Å². The molecule has 0 radical (unpaired) electrons. The smallest absolute Gasteiger partial charge is 0.246 e. The summed E-state index contributed by atoms with van der Waals surface area (Å²) in [5.74, 6) is 0.817. The van der Waals surface area contributed by atoms with Gasteiger partial charge < -0.3 is 20.1 Å². The van der Waals surface area contributed by atoms with Crippen LogP contribution in [0.2, 0.25) is 0 Å². The van der Waals surface area contributed by atoms with Gasteiger partial charge in [-0.25, -0.2) is 0 Å². The van der Waals surface area contributed by atoms with Gasteiger partial charge in [0.05, 0.1) is 6.10 Å². The van der Waals surface area contributed by atoms with Gasteiger partial charge in [-0.15, -0.1) is 0 Å². The number of aliphatic hydroxyl groups excluding tert-OH is 1. The molecule has 0 spiro atoms. The molecule has 18 heavy (non-hydrogen) atoms. The number of aromatic nitrogens is 2. The SMILES string of the molecule is COC1(c2noc(C(N)C(C)O)n2)CCCCC1. The average molecular weight is 255 g/mol. The van der Waals surface area contributed by atoms with Crippen LogP contribution in [0.5, 0.6) is 0 Å². The van der Waals surface area contributed by atoms with Crippen LogP contribution in [-0.4, -0.2) is 28.5 Å². The Morgan fingerprint density at radius 3 is 2.61 bits per heavy atom. The normalized spacial score (nSPS) is 22.7. The summed E-state index contributed by atoms with van der Waals surface area (Å²) >= 11 is 0. The van der Waals surface area contributed by atoms with Gasteiger partial charge in [0.25, 0.3) is 0 Å². The highest BCUT2D eigenvalue weighted by atomic mass is 16.5. The maximum atomic E-state index is 9.43. The molecular formula is C12H21N3O3. The minimum absolute atomic E-state index is 0.266. The number of aliphatic hydroxyl groups is 1. The van der Waals surface area contributed by atoms with Crippen LogP contribution >= 0.6 is 0 Å². The van der Waals surface area contributed by atoms with E-state index in [-0.39, 0.29) is 5.89 Å². The lowest BCUT2D eigenvalue weighted by Gasteiger charge is -2.32. The molecule has 1 heterocycles. The van der Waals surface area contributed by atoms with Crippen molar-refractivity contribution in [1.29, 1.82) is 0 Å². The second-order valence-electron chi connectivity index (χ2n) is 4.98. The molecule has 2 unspecified atom stereocenters. The fraction of sp³-hybridized carbons (Fsp3) is 0.833. The van der Waals surface area contributed by atoms with Crippen molar-refractivity contribution in [2.24, 2.45) is 5.73 Å². The Morgan fingerprint density at radius 2 is 2.06 bits per heavy atom. The molecule has 2 rings (SSSR count). The monoisotopic (exact) mass is 255 g/mol. The molecule has 1 aromatic rings. The van der Waals surface area contributed by atoms with E-state index >= 15 is 0 Å². The van der Waals surface area contributed by atoms with E-state index in [0.717, 1.165) is 25.7 Å². The van der Waals surface area contributed by atoms with Crippen LogP contribution in [0.1, 0.15) is 56.8 Å². The van der Waals surface area contributed by atoms with E-state index < -0.39 is 17.7 Å². The van der Waals surface area contributed by atoms with Crippen molar-refractivity contribution < 1.29 is 14.4 Å². The Hall–Kier alpha value is -0.980. The van der Waals surface area contributed by atoms with Crippen molar-refractivity contribution >= 4 is 0 Å². The standard InChI is InChI=1S/C12H21N3O3/c1-8(16)9(13)10-14-11(15-18-10)12(17-2)6-4-3-5-7-12/h8-9,16H,3-7,13H2,1-2H3. The minimum Gasteiger partial charge on any atom is -0.391 e. The lowest BCUT2D eigenvalue weighted by Crippen LogP contribution is -2.32. The number of nitrogens with two attached hydrogens (primary N) is 1. The number of methoxy groups -OCH3 is 1. The first kappa shape index (κ1) is 13.5. The van der Waals surface area contributed by atoms with Gasteiger partial charge in [0.15, 0.2) is 0 Å². The predicted octanol–water partition coefficient (Wildman–Crippen LogP) is 1.26. The summed E-state index contributed by atoms with van der Waals surface area (Å²) < 4.78 is 10.8. The van der Waals surface area contributed by atoms with Gasteiger partial charge in [-0.05, 0) is 19.8 Å². The molecule has 3 N–H and O–H groups in total. The van der Waals surface area contributed by atoms with E-state index in [2.05, 4.69) is 10.1 Å². The number of hydrogen-bond acceptors (Lipinski definition) is 6. The number of rotatable bonds is 4. The molecule has 6 nitrogen and oxygen atoms in total. The first-order chi connectivity index (χ1) is 8.59. The molecule has 0 saturated heterocycles. The average Bonchev–Trinajstić information content (AvgIpc) is 2.88. The topological polar surface area (TPSA) is 94.4 Å². The molecule has 6 heteroatoms. The van der Waals surface area contributed by atoms with E-state index in [1.807, 2.05) is 0 Å². The summed E-state index contributed by atoms with van der Waals surface area (Å²) in [4.78, 5) is 4.31. The molecule has 0 bridgehead atoms. The van der Waals surface area contributed by atoms with Crippen LogP contribution < -0.4 is 5.73 Å². The van der Waals surface area contributed by atoms with Crippen LogP contribution in [0.3, 0.4) is 0 Å². The highest BCUT2D eigenvalue weighted by Gasteiger charge is 2.39. The van der Waals surface area contributed by atoms with Crippen molar-refractivity contribution in [2.45, 2.75) is 56.8 Å². The fourth-order valence-corrected chi connectivity index (χ4v) is 2.40. The molecule has 0 aliphatic heterocycles. The molecule has 1 aliphatic carbocycles. The second kappa shape index (κ2) is 5.34. The van der Waals surface area contributed by atoms with E-state index in [9.17, 15) is 5.11 Å². The summed E-state index contributed by atoms with van der Waals surface area (Å²) in [5, 5.41) is 13.4. The lowest BCUT2D eigenvalue weighted by molar-refractivity contribution is -0.0527. The largest absolute Gasteiger partial charge is 0.391 e. The zero-order valence-electron chi connectivity index (χ0n) is 10.9. The number of nitrogens with zero attached hydrogens (tertiary/aromatic N) is 2. The van der Waals surface area contributed by atoms with Crippen LogP contribution in [0.15, 0.2) is 4.52 Å². The van der Waals surface area contributed by atoms with E-state index in [1.165, 1.54) is 6.42 Å². The summed E-state index contributed by atoms with van der Waals surface area (Å²) in [6.07, 6.45) is 4.48. The summed E-state index contributed by atoms with van der Waals surface area (Å²) in [5.41, 5.74) is 5.33. The number of hydrogen-bond donors (Lipinski definition) is 2. The Morgan fingerprint density at radius 1 is 1.39 bits per heavy atom. The highest BCUT2D eigenvalue weighted by Crippen LogP contribution is 2.38. The Bertz CT molecular complexity index is 386. The van der Waals surface area contributed by atoms with E-state index in [0.29, 0.717) is 5.82 Å². The third-order valence-electron chi connectivity index (χ3n) is 3.71. The summed E-state index contributed by atoms with van der Waals surface area (Å²) in [6.45, 7) is 1.60. The maximum Gasteiger partial charge on any atom is 0.246 e. The van der Waals surface area contributed by atoms with Gasteiger partial charge in [0.1, 0.15) is 11.6 Å². The maximum absolute atomic E-state index is 9.43. The Labute approximate surface area is 107 Å². The first-order valence-corrected chi connectivity index (χ1v) is 6.42. The van der Waals surface area contributed by atoms with Crippen molar-refractivity contribution in [3.63, 3.8) is 0 Å². The van der Waals surface area contributed by atoms with E-state index in [1.54, 1.807) is 14.0 Å². The van der Waals surface area contributed by atoms with Crippen molar-refractivity contribution in [3.8, 4) is 0 Å². The van der Waals surface area contributed by atoms with Gasteiger partial charge in [0.2, 0.25) is 11.7 Å². The Balaban J connectivity index is 2.22. The zero-order chi connectivity index (χ0) is 13.2. The van der Waals surface area contributed by atoms with Gasteiger partial charge >= 0.3 is 0 Å². The zero-order valence-corrected chi connectivity index (χ0v) is 10.9. The minimum atomic E-state index is -0.719. The molecule has 0 aromatic carbocycles. The van der Waals surface area contributed by atoms with Crippen molar-refractivity contribution in [1.82, 2.24) is 10.1 Å². The van der Waals surface area contributed by atoms with Crippen LogP contribution in [0.4, 0.5) is 0 Å². The number of ether oxygens (including phenoxy) is 1. The lowest BCUT2D eigenvalue weighted by atomic mass is 9.84. The quantitative estimate of drug-likeness (QED) is 0.841. The van der Waals surface area contributed by atoms with Gasteiger partial charge in [0, 0.05) is 7.11 Å². The summed E-state index contributed by atoms with van der Waals surface area (Å²) in [6, 6.07) is -0.649. The third kappa shape index (κ3) is 2.41. The van der Waals surface area contributed by atoms with E-state index in [4.69, 9.17) is 15.0 Å². The van der Waals surface area contributed by atoms with Gasteiger partial charge in [-0.2, -0.15) is 4.98 Å². The van der Waals surface area contributed by atoms with Crippen LogP contribution in [0.25, 0.3) is 0 Å². The molecule has 102 valence electrons. The van der Waals surface area contributed by atoms with Crippen molar-refractivity contribution in [3.05, 3.63) is 11.7 Å². The van der Waals surface area contributed by atoms with Crippen LogP contribution in [-0.2, 0) is 10.3 Å². The molecule has 1 aromatic heterocycles. The third-order valence-corrected chi connectivity index (χ3v) is 3.71. The molecule has 0 amide bonds.